The summed E-state index contributed by atoms with van der Waals surface area (Å²) in [7, 11) is 0. The lowest BCUT2D eigenvalue weighted by Gasteiger charge is -2.32. The third-order valence-electron chi connectivity index (χ3n) is 6.87. The number of aryl methyl sites for hydroxylation is 1. The smallest absolute Gasteiger partial charge is 0.327 e. The van der Waals surface area contributed by atoms with Gasteiger partial charge in [0.05, 0.1) is 30.7 Å². The summed E-state index contributed by atoms with van der Waals surface area (Å²) in [5, 5.41) is 3.44. The van der Waals surface area contributed by atoms with Gasteiger partial charge in [-0.05, 0) is 62.6 Å². The lowest BCUT2D eigenvalue weighted by atomic mass is 9.76. The molecule has 7 nitrogen and oxygen atoms in total. The highest BCUT2D eigenvalue weighted by Crippen LogP contribution is 2.52. The van der Waals surface area contributed by atoms with Crippen LogP contribution in [0.1, 0.15) is 50.8 Å². The Bertz CT molecular complexity index is 1080. The summed E-state index contributed by atoms with van der Waals surface area (Å²) in [5.74, 6) is -2.05. The summed E-state index contributed by atoms with van der Waals surface area (Å²) in [6.07, 6.45) is 1.05. The molecule has 4 atom stereocenters. The third kappa shape index (κ3) is 3.78. The Morgan fingerprint density at radius 1 is 1.00 bits per heavy atom. The van der Waals surface area contributed by atoms with Gasteiger partial charge in [0.2, 0.25) is 11.8 Å². The van der Waals surface area contributed by atoms with E-state index < -0.39 is 29.4 Å². The van der Waals surface area contributed by atoms with E-state index in [9.17, 15) is 14.4 Å². The third-order valence-corrected chi connectivity index (χ3v) is 6.87. The van der Waals surface area contributed by atoms with E-state index in [-0.39, 0.29) is 18.4 Å². The van der Waals surface area contributed by atoms with Crippen molar-refractivity contribution >= 4 is 23.5 Å². The Morgan fingerprint density at radius 3 is 2.32 bits per heavy atom. The van der Waals surface area contributed by atoms with Crippen molar-refractivity contribution in [2.45, 2.75) is 52.1 Å². The largest absolute Gasteiger partial charge is 0.494 e. The maximum Gasteiger partial charge on any atom is 0.327 e. The van der Waals surface area contributed by atoms with E-state index in [2.05, 4.69) is 5.32 Å². The van der Waals surface area contributed by atoms with E-state index in [0.29, 0.717) is 30.9 Å². The first kappa shape index (κ1) is 24.0. The molecule has 2 amide bonds. The van der Waals surface area contributed by atoms with Crippen LogP contribution in [0.2, 0.25) is 0 Å². The van der Waals surface area contributed by atoms with Crippen molar-refractivity contribution in [2.75, 3.05) is 18.1 Å². The van der Waals surface area contributed by atoms with Crippen LogP contribution in [0.25, 0.3) is 0 Å². The molecule has 2 heterocycles. The highest BCUT2D eigenvalue weighted by molar-refractivity contribution is 6.24. The minimum atomic E-state index is -1.27. The molecule has 0 unspecified atom stereocenters. The molecule has 4 rings (SSSR count). The van der Waals surface area contributed by atoms with Gasteiger partial charge >= 0.3 is 5.97 Å². The fraction of sp³-hybridized carbons (Fsp3) is 0.444. The SMILES string of the molecule is CCC[C@]1(C(=O)OCC)N[C@@H](c2ccccc2C)[C@H]2C(=O)N(c3ccc(OCC)cc3)C(=O)[C@H]21. The monoisotopic (exact) mass is 464 g/mol. The van der Waals surface area contributed by atoms with Gasteiger partial charge in [0.15, 0.2) is 0 Å². The molecule has 2 aliphatic heterocycles. The lowest BCUT2D eigenvalue weighted by Crippen LogP contribution is -2.56. The van der Waals surface area contributed by atoms with Crippen molar-refractivity contribution in [3.05, 3.63) is 59.7 Å². The summed E-state index contributed by atoms with van der Waals surface area (Å²) in [4.78, 5) is 42.4. The molecule has 7 heteroatoms. The second kappa shape index (κ2) is 9.58. The van der Waals surface area contributed by atoms with Crippen LogP contribution in [0.3, 0.4) is 0 Å². The minimum absolute atomic E-state index is 0.198. The number of imide groups is 1. The first-order chi connectivity index (χ1) is 16.4. The number of hydrogen-bond donors (Lipinski definition) is 1. The van der Waals surface area contributed by atoms with Gasteiger partial charge in [-0.3, -0.25) is 19.7 Å². The second-order valence-electron chi connectivity index (χ2n) is 8.86. The number of esters is 1. The minimum Gasteiger partial charge on any atom is -0.494 e. The van der Waals surface area contributed by atoms with Crippen LogP contribution >= 0.6 is 0 Å². The average molecular weight is 465 g/mol. The van der Waals surface area contributed by atoms with E-state index >= 15 is 0 Å². The van der Waals surface area contributed by atoms with Crippen LogP contribution in [-0.2, 0) is 19.1 Å². The van der Waals surface area contributed by atoms with Crippen LogP contribution in [0, 0.1) is 18.8 Å². The molecular weight excluding hydrogens is 432 g/mol. The zero-order valence-electron chi connectivity index (χ0n) is 20.2. The van der Waals surface area contributed by atoms with E-state index in [1.54, 1.807) is 31.2 Å². The van der Waals surface area contributed by atoms with Crippen molar-refractivity contribution < 1.29 is 23.9 Å². The van der Waals surface area contributed by atoms with Crippen LogP contribution in [0.5, 0.6) is 5.75 Å². The van der Waals surface area contributed by atoms with Gasteiger partial charge in [-0.1, -0.05) is 37.6 Å². The molecule has 2 aromatic rings. The Labute approximate surface area is 200 Å². The van der Waals surface area contributed by atoms with Gasteiger partial charge < -0.3 is 9.47 Å². The summed E-state index contributed by atoms with van der Waals surface area (Å²) in [6.45, 7) is 8.30. The molecule has 2 saturated heterocycles. The number of hydrogen-bond acceptors (Lipinski definition) is 6. The number of nitrogens with one attached hydrogen (secondary N) is 1. The molecule has 0 radical (unpaired) electrons. The number of carbonyl (C=O) groups excluding carboxylic acids is 3. The van der Waals surface area contributed by atoms with Crippen molar-refractivity contribution in [1.29, 1.82) is 0 Å². The van der Waals surface area contributed by atoms with Crippen LogP contribution in [0.4, 0.5) is 5.69 Å². The van der Waals surface area contributed by atoms with E-state index in [4.69, 9.17) is 9.47 Å². The predicted molar refractivity (Wildman–Crippen MR) is 128 cm³/mol. The van der Waals surface area contributed by atoms with E-state index in [1.165, 1.54) is 4.90 Å². The normalized spacial score (nSPS) is 26.0. The van der Waals surface area contributed by atoms with Crippen molar-refractivity contribution in [2.24, 2.45) is 11.8 Å². The fourth-order valence-electron chi connectivity index (χ4n) is 5.49. The van der Waals surface area contributed by atoms with Crippen molar-refractivity contribution in [3.8, 4) is 5.75 Å². The Hall–Kier alpha value is -3.19. The number of fused-ring (bicyclic) bond motifs is 1. The maximum absolute atomic E-state index is 13.9. The van der Waals surface area contributed by atoms with Gasteiger partial charge in [0.1, 0.15) is 11.3 Å². The molecule has 0 spiro atoms. The standard InChI is InChI=1S/C27H32N2O5/c1-5-16-27(26(32)34-7-3)22-21(23(28-27)20-11-9-8-10-17(20)4)24(30)29(25(22)31)18-12-14-19(15-13-18)33-6-2/h8-15,21-23,28H,5-7,16H2,1-4H3/t21-,22-,23-,27-/m0/s1. The molecule has 2 fully saturated rings. The maximum atomic E-state index is 13.9. The molecule has 0 saturated carbocycles. The zero-order chi connectivity index (χ0) is 24.5. The molecule has 2 aliphatic rings. The number of amides is 2. The highest BCUT2D eigenvalue weighted by atomic mass is 16.5. The molecule has 2 aromatic carbocycles. The van der Waals surface area contributed by atoms with Gasteiger partial charge in [0.25, 0.3) is 0 Å². The van der Waals surface area contributed by atoms with Gasteiger partial charge in [0, 0.05) is 6.04 Å². The molecular formula is C27H32N2O5. The van der Waals surface area contributed by atoms with Crippen LogP contribution in [0.15, 0.2) is 48.5 Å². The number of carbonyl (C=O) groups is 3. The number of benzene rings is 2. The Morgan fingerprint density at radius 2 is 1.71 bits per heavy atom. The number of ether oxygens (including phenoxy) is 2. The molecule has 0 aliphatic carbocycles. The summed E-state index contributed by atoms with van der Waals surface area (Å²) >= 11 is 0. The fourth-order valence-corrected chi connectivity index (χ4v) is 5.49. The highest BCUT2D eigenvalue weighted by Gasteiger charge is 2.68. The predicted octanol–water partition coefficient (Wildman–Crippen LogP) is 3.95. The first-order valence-corrected chi connectivity index (χ1v) is 12.0. The molecule has 1 N–H and O–H groups in total. The second-order valence-corrected chi connectivity index (χ2v) is 8.86. The van der Waals surface area contributed by atoms with E-state index in [1.807, 2.05) is 45.0 Å². The topological polar surface area (TPSA) is 84.9 Å². The summed E-state index contributed by atoms with van der Waals surface area (Å²) < 4.78 is 11.0. The van der Waals surface area contributed by atoms with Crippen LogP contribution < -0.4 is 15.0 Å². The zero-order valence-corrected chi connectivity index (χ0v) is 20.2. The Kier molecular flexibility index (Phi) is 6.75. The first-order valence-electron chi connectivity index (χ1n) is 12.0. The number of anilines is 1. The average Bonchev–Trinajstić information content (AvgIpc) is 3.30. The number of nitrogens with zero attached hydrogens (tertiary/aromatic N) is 1. The van der Waals surface area contributed by atoms with Gasteiger partial charge in [-0.15, -0.1) is 0 Å². The quantitative estimate of drug-likeness (QED) is 0.470. The van der Waals surface area contributed by atoms with Gasteiger partial charge in [-0.25, -0.2) is 4.90 Å². The lowest BCUT2D eigenvalue weighted by molar-refractivity contribution is -0.155. The molecule has 0 aromatic heterocycles. The van der Waals surface area contributed by atoms with Gasteiger partial charge in [-0.2, -0.15) is 0 Å². The Balaban J connectivity index is 1.83. The van der Waals surface area contributed by atoms with E-state index in [0.717, 1.165) is 11.1 Å². The molecule has 0 bridgehead atoms. The van der Waals surface area contributed by atoms with Crippen molar-refractivity contribution in [3.63, 3.8) is 0 Å². The summed E-state index contributed by atoms with van der Waals surface area (Å²) in [6, 6.07) is 14.2. The van der Waals surface area contributed by atoms with Crippen LogP contribution in [-0.4, -0.2) is 36.5 Å². The van der Waals surface area contributed by atoms with Crippen molar-refractivity contribution in [1.82, 2.24) is 5.32 Å². The molecule has 34 heavy (non-hydrogen) atoms. The summed E-state index contributed by atoms with van der Waals surface area (Å²) in [5.41, 5.74) is 1.12. The number of rotatable bonds is 8. The molecule has 180 valence electrons.